The van der Waals surface area contributed by atoms with Gasteiger partial charge in [0.1, 0.15) is 5.69 Å². The maximum atomic E-state index is 12.0. The highest BCUT2D eigenvalue weighted by molar-refractivity contribution is 5.93. The monoisotopic (exact) mass is 372 g/mol. The molecule has 1 amide bonds. The van der Waals surface area contributed by atoms with Crippen LogP contribution in [0.15, 0.2) is 34.2 Å². The molecule has 0 saturated carbocycles. The predicted octanol–water partition coefficient (Wildman–Crippen LogP) is 2.42. The summed E-state index contributed by atoms with van der Waals surface area (Å²) in [6.07, 6.45) is 4.72. The number of methoxy groups -OCH3 is 1. The first-order valence-electron chi connectivity index (χ1n) is 8.75. The van der Waals surface area contributed by atoms with E-state index in [0.717, 1.165) is 24.8 Å². The number of ether oxygens (including phenoxy) is 2. The van der Waals surface area contributed by atoms with E-state index in [4.69, 9.17) is 9.47 Å². The van der Waals surface area contributed by atoms with Crippen LogP contribution in [0.2, 0.25) is 0 Å². The van der Waals surface area contributed by atoms with Crippen LogP contribution in [0.4, 0.5) is 0 Å². The van der Waals surface area contributed by atoms with Crippen molar-refractivity contribution < 1.29 is 14.3 Å². The minimum absolute atomic E-state index is 0.00167. The molecule has 2 N–H and O–H groups in total. The van der Waals surface area contributed by atoms with Gasteiger partial charge in [0, 0.05) is 5.69 Å². The molecular formula is C19H24N4O4. The van der Waals surface area contributed by atoms with Crippen molar-refractivity contribution in [3.8, 4) is 11.5 Å². The molecule has 2 aromatic rings. The van der Waals surface area contributed by atoms with Gasteiger partial charge in [0.15, 0.2) is 11.5 Å². The van der Waals surface area contributed by atoms with Crippen LogP contribution < -0.4 is 20.6 Å². The molecule has 27 heavy (non-hydrogen) atoms. The Balaban J connectivity index is 1.99. The maximum Gasteiger partial charge on any atom is 0.345 e. The van der Waals surface area contributed by atoms with E-state index in [-0.39, 0.29) is 5.69 Å². The largest absolute Gasteiger partial charge is 0.493 e. The minimum atomic E-state index is -0.580. The van der Waals surface area contributed by atoms with Crippen molar-refractivity contribution in [2.45, 2.75) is 33.1 Å². The molecule has 0 spiro atoms. The first-order valence-corrected chi connectivity index (χ1v) is 8.75. The summed E-state index contributed by atoms with van der Waals surface area (Å²) in [4.78, 5) is 29.4. The van der Waals surface area contributed by atoms with Gasteiger partial charge in [0.25, 0.3) is 5.91 Å². The van der Waals surface area contributed by atoms with E-state index in [0.29, 0.717) is 23.8 Å². The van der Waals surface area contributed by atoms with Crippen LogP contribution in [0.25, 0.3) is 0 Å². The number of carbonyl (C=O) groups is 1. The van der Waals surface area contributed by atoms with Crippen molar-refractivity contribution in [2.24, 2.45) is 5.10 Å². The van der Waals surface area contributed by atoms with Gasteiger partial charge in [-0.15, -0.1) is 0 Å². The van der Waals surface area contributed by atoms with Crippen molar-refractivity contribution >= 4 is 12.1 Å². The van der Waals surface area contributed by atoms with Crippen molar-refractivity contribution in [1.29, 1.82) is 0 Å². The zero-order valence-corrected chi connectivity index (χ0v) is 15.7. The number of aromatic nitrogens is 2. The molecule has 0 aliphatic carbocycles. The van der Waals surface area contributed by atoms with Gasteiger partial charge in [-0.3, -0.25) is 4.79 Å². The van der Waals surface area contributed by atoms with E-state index in [1.807, 2.05) is 6.07 Å². The molecule has 0 bridgehead atoms. The molecule has 1 aromatic heterocycles. The Morgan fingerprint density at radius 3 is 2.81 bits per heavy atom. The standard InChI is InChI=1S/C19H24N4O4/c1-4-5-6-9-27-16-8-7-14(11-17(16)26-3)12-20-23-18(24)15-10-13(2)21-19(25)22-15/h7-8,10-12H,4-6,9H2,1-3H3,(H,23,24)(H,21,22,25)/b20-12+. The molecule has 0 aliphatic rings. The minimum Gasteiger partial charge on any atom is -0.493 e. The number of nitrogens with zero attached hydrogens (tertiary/aromatic N) is 2. The van der Waals surface area contributed by atoms with E-state index in [1.165, 1.54) is 12.3 Å². The van der Waals surface area contributed by atoms with E-state index in [2.05, 4.69) is 27.4 Å². The number of nitrogens with one attached hydrogen (secondary N) is 2. The molecule has 144 valence electrons. The Morgan fingerprint density at radius 2 is 2.11 bits per heavy atom. The van der Waals surface area contributed by atoms with Crippen LogP contribution in [0.3, 0.4) is 0 Å². The summed E-state index contributed by atoms with van der Waals surface area (Å²) in [5.74, 6) is 0.690. The predicted molar refractivity (Wildman–Crippen MR) is 103 cm³/mol. The van der Waals surface area contributed by atoms with Gasteiger partial charge in [-0.1, -0.05) is 19.8 Å². The molecule has 8 heteroatoms. The summed E-state index contributed by atoms with van der Waals surface area (Å²) in [6.45, 7) is 4.44. The lowest BCUT2D eigenvalue weighted by atomic mass is 10.2. The average molecular weight is 372 g/mol. The number of hydrazone groups is 1. The molecule has 0 aliphatic heterocycles. The summed E-state index contributed by atoms with van der Waals surface area (Å²) in [5, 5.41) is 3.90. The molecule has 0 radical (unpaired) electrons. The number of hydrogen-bond donors (Lipinski definition) is 2. The van der Waals surface area contributed by atoms with Gasteiger partial charge in [0.05, 0.1) is 19.9 Å². The zero-order valence-electron chi connectivity index (χ0n) is 15.7. The Hall–Kier alpha value is -3.16. The van der Waals surface area contributed by atoms with E-state index < -0.39 is 11.6 Å². The second-order valence-corrected chi connectivity index (χ2v) is 5.92. The average Bonchev–Trinajstić information content (AvgIpc) is 2.65. The Morgan fingerprint density at radius 1 is 1.30 bits per heavy atom. The molecule has 8 nitrogen and oxygen atoms in total. The van der Waals surface area contributed by atoms with Crippen LogP contribution in [0.1, 0.15) is 47.9 Å². The van der Waals surface area contributed by atoms with Gasteiger partial charge >= 0.3 is 5.69 Å². The third kappa shape index (κ3) is 6.25. The van der Waals surface area contributed by atoms with Crippen molar-refractivity contribution in [1.82, 2.24) is 15.4 Å². The van der Waals surface area contributed by atoms with Gasteiger partial charge < -0.3 is 14.5 Å². The number of rotatable bonds is 9. The number of H-pyrrole nitrogens is 1. The maximum absolute atomic E-state index is 12.0. The summed E-state index contributed by atoms with van der Waals surface area (Å²) in [5.41, 5.74) is 3.04. The summed E-state index contributed by atoms with van der Waals surface area (Å²) >= 11 is 0. The fourth-order valence-corrected chi connectivity index (χ4v) is 2.34. The van der Waals surface area contributed by atoms with Crippen molar-refractivity contribution in [3.63, 3.8) is 0 Å². The first kappa shape index (κ1) is 20.2. The number of aryl methyl sites for hydroxylation is 1. The third-order valence-electron chi connectivity index (χ3n) is 3.68. The van der Waals surface area contributed by atoms with Crippen LogP contribution in [-0.2, 0) is 0 Å². The smallest absolute Gasteiger partial charge is 0.345 e. The Bertz CT molecular complexity index is 861. The van der Waals surface area contributed by atoms with Crippen LogP contribution in [0, 0.1) is 6.92 Å². The summed E-state index contributed by atoms with van der Waals surface area (Å²) in [7, 11) is 1.57. The van der Waals surface area contributed by atoms with Gasteiger partial charge in [-0.2, -0.15) is 10.1 Å². The third-order valence-corrected chi connectivity index (χ3v) is 3.68. The number of unbranched alkanes of at least 4 members (excludes halogenated alkanes) is 2. The fourth-order valence-electron chi connectivity index (χ4n) is 2.34. The summed E-state index contributed by atoms with van der Waals surface area (Å²) in [6, 6.07) is 6.85. The Kier molecular flexibility index (Phi) is 7.54. The van der Waals surface area contributed by atoms with E-state index in [1.54, 1.807) is 26.2 Å². The quantitative estimate of drug-likeness (QED) is 0.399. The molecule has 0 unspecified atom stereocenters. The normalized spacial score (nSPS) is 10.8. The lowest BCUT2D eigenvalue weighted by molar-refractivity contribution is 0.0949. The van der Waals surface area contributed by atoms with Gasteiger partial charge in [-0.25, -0.2) is 10.2 Å². The molecule has 0 fully saturated rings. The van der Waals surface area contributed by atoms with Crippen LogP contribution in [-0.4, -0.2) is 35.8 Å². The number of aromatic amines is 1. The van der Waals surface area contributed by atoms with E-state index >= 15 is 0 Å². The first-order chi connectivity index (χ1) is 13.0. The van der Waals surface area contributed by atoms with Crippen molar-refractivity contribution in [3.05, 3.63) is 51.7 Å². The number of hydrogen-bond acceptors (Lipinski definition) is 6. The lowest BCUT2D eigenvalue weighted by Crippen LogP contribution is -2.24. The highest BCUT2D eigenvalue weighted by atomic mass is 16.5. The molecule has 0 saturated heterocycles. The highest BCUT2D eigenvalue weighted by Gasteiger charge is 2.08. The number of carbonyl (C=O) groups excluding carboxylic acids is 1. The number of benzene rings is 1. The second-order valence-electron chi connectivity index (χ2n) is 5.92. The van der Waals surface area contributed by atoms with Gasteiger partial charge in [0.2, 0.25) is 0 Å². The van der Waals surface area contributed by atoms with Crippen LogP contribution >= 0.6 is 0 Å². The molecule has 1 aromatic carbocycles. The lowest BCUT2D eigenvalue weighted by Gasteiger charge is -2.11. The zero-order chi connectivity index (χ0) is 19.6. The molecular weight excluding hydrogens is 348 g/mol. The molecule has 1 heterocycles. The van der Waals surface area contributed by atoms with Crippen molar-refractivity contribution in [2.75, 3.05) is 13.7 Å². The molecule has 2 rings (SSSR count). The second kappa shape index (κ2) is 10.1. The highest BCUT2D eigenvalue weighted by Crippen LogP contribution is 2.27. The summed E-state index contributed by atoms with van der Waals surface area (Å²) < 4.78 is 11.1. The Labute approximate surface area is 157 Å². The fraction of sp³-hybridized carbons (Fsp3) is 0.368. The topological polar surface area (TPSA) is 106 Å². The number of amides is 1. The van der Waals surface area contributed by atoms with E-state index in [9.17, 15) is 9.59 Å². The van der Waals surface area contributed by atoms with Gasteiger partial charge in [-0.05, 0) is 43.2 Å². The van der Waals surface area contributed by atoms with Crippen LogP contribution in [0.5, 0.6) is 11.5 Å². The molecule has 0 atom stereocenters. The SMILES string of the molecule is CCCCCOc1ccc(/C=N/NC(=O)c2cc(C)[nH]c(=O)n2)cc1OC.